The van der Waals surface area contributed by atoms with E-state index in [0.717, 1.165) is 12.7 Å². The van der Waals surface area contributed by atoms with Crippen molar-refractivity contribution in [2.45, 2.75) is 58.7 Å². The van der Waals surface area contributed by atoms with Crippen molar-refractivity contribution in [1.29, 1.82) is 0 Å². The Bertz CT molecular complexity index is 230. The second kappa shape index (κ2) is 10.1. The second-order valence-corrected chi connectivity index (χ2v) is 13.5. The molecule has 0 amide bonds. The molecule has 0 saturated carbocycles. The monoisotopic (exact) mass is 321 g/mol. The van der Waals surface area contributed by atoms with Crippen molar-refractivity contribution in [2.24, 2.45) is 0 Å². The zero-order chi connectivity index (χ0) is 15.6. The largest absolute Gasteiger partial charge is 0.514 e. The second-order valence-electron chi connectivity index (χ2n) is 5.36. The quantitative estimate of drug-likeness (QED) is 0.515. The minimum absolute atomic E-state index is 0.832. The molecule has 0 aromatic carbocycles. The molecule has 0 N–H and O–H groups in total. The van der Waals surface area contributed by atoms with Crippen LogP contribution < -0.4 is 0 Å². The highest BCUT2D eigenvalue weighted by Crippen LogP contribution is 2.27. The summed E-state index contributed by atoms with van der Waals surface area (Å²) in [4.78, 5) is 0. The minimum atomic E-state index is -2.53. The van der Waals surface area contributed by atoms with E-state index < -0.39 is 17.0 Å². The van der Waals surface area contributed by atoms with Gasteiger partial charge in [0.2, 0.25) is 0 Å². The lowest BCUT2D eigenvalue weighted by molar-refractivity contribution is 0.112. The van der Waals surface area contributed by atoms with Crippen LogP contribution in [0.1, 0.15) is 40.5 Å². The molecule has 20 heavy (non-hydrogen) atoms. The first kappa shape index (κ1) is 20.3. The van der Waals surface area contributed by atoms with E-state index in [1.54, 1.807) is 21.3 Å². The normalized spacial score (nSPS) is 13.2. The van der Waals surface area contributed by atoms with Crippen molar-refractivity contribution in [2.75, 3.05) is 34.0 Å². The van der Waals surface area contributed by atoms with Crippen LogP contribution >= 0.6 is 0 Å². The van der Waals surface area contributed by atoms with Gasteiger partial charge < -0.3 is 17.8 Å². The highest BCUT2D eigenvalue weighted by molar-refractivity contribution is 6.78. The van der Waals surface area contributed by atoms with Gasteiger partial charge in [-0.1, -0.05) is 34.1 Å². The Morgan fingerprint density at radius 2 is 1.25 bits per heavy atom. The average molecular weight is 322 g/mol. The van der Waals surface area contributed by atoms with Crippen LogP contribution in [0.4, 0.5) is 0 Å². The fourth-order valence-electron chi connectivity index (χ4n) is 2.93. The molecule has 4 nitrogen and oxygen atoms in total. The Balaban J connectivity index is 5.22. The highest BCUT2D eigenvalue weighted by atomic mass is 28.4. The topological polar surface area (TPSA) is 30.9 Å². The van der Waals surface area contributed by atoms with E-state index in [9.17, 15) is 0 Å². The standard InChI is InChI=1S/C14H35NO3Si2/c1-8-12-13-15(19(9-2,10-3)11-4)14-20(16-5,17-6)18-7/h8-14H2,1-7H3. The Kier molecular flexibility index (Phi) is 10.2. The molecule has 0 aliphatic heterocycles. The van der Waals surface area contributed by atoms with E-state index in [0.29, 0.717) is 0 Å². The van der Waals surface area contributed by atoms with Crippen LogP contribution in [0.5, 0.6) is 0 Å². The van der Waals surface area contributed by atoms with Gasteiger partial charge in [-0.3, -0.25) is 0 Å². The highest BCUT2D eigenvalue weighted by Gasteiger charge is 2.45. The Hall–Kier alpha value is 0.274. The summed E-state index contributed by atoms with van der Waals surface area (Å²) in [6.45, 7) is 10.4. The molecular formula is C14H35NO3Si2. The van der Waals surface area contributed by atoms with E-state index in [2.05, 4.69) is 32.3 Å². The molecule has 0 aliphatic rings. The van der Waals surface area contributed by atoms with E-state index in [-0.39, 0.29) is 0 Å². The molecule has 0 aromatic rings. The van der Waals surface area contributed by atoms with Crippen molar-refractivity contribution in [1.82, 2.24) is 4.57 Å². The van der Waals surface area contributed by atoms with Crippen molar-refractivity contribution < 1.29 is 13.3 Å². The molecule has 0 spiro atoms. The summed E-state index contributed by atoms with van der Waals surface area (Å²) in [5.74, 6) is 0. The van der Waals surface area contributed by atoms with Gasteiger partial charge in [0.25, 0.3) is 0 Å². The number of hydrogen-bond donors (Lipinski definition) is 0. The van der Waals surface area contributed by atoms with Gasteiger partial charge >= 0.3 is 8.80 Å². The molecule has 0 saturated heterocycles. The predicted octanol–water partition coefficient (Wildman–Crippen LogP) is 3.51. The predicted molar refractivity (Wildman–Crippen MR) is 90.5 cm³/mol. The third-order valence-electron chi connectivity index (χ3n) is 4.74. The first-order chi connectivity index (χ1) is 9.53. The van der Waals surface area contributed by atoms with Crippen LogP contribution in [0.2, 0.25) is 18.1 Å². The zero-order valence-corrected chi connectivity index (χ0v) is 16.6. The van der Waals surface area contributed by atoms with Gasteiger partial charge in [0, 0.05) is 21.3 Å². The number of hydrogen-bond acceptors (Lipinski definition) is 4. The summed E-state index contributed by atoms with van der Waals surface area (Å²) in [7, 11) is 1.19. The molecule has 0 fully saturated rings. The van der Waals surface area contributed by atoms with E-state index >= 15 is 0 Å². The SMILES string of the molecule is CCCCN(C[Si](OC)(OC)OC)[Si](CC)(CC)CC. The Morgan fingerprint density at radius 3 is 1.55 bits per heavy atom. The van der Waals surface area contributed by atoms with Crippen molar-refractivity contribution in [3.05, 3.63) is 0 Å². The Morgan fingerprint density at radius 1 is 0.800 bits per heavy atom. The van der Waals surface area contributed by atoms with Gasteiger partial charge in [0.05, 0.1) is 6.17 Å². The molecule has 0 aromatic heterocycles. The van der Waals surface area contributed by atoms with Gasteiger partial charge in [0.15, 0.2) is 0 Å². The summed E-state index contributed by atoms with van der Waals surface area (Å²) >= 11 is 0. The summed E-state index contributed by atoms with van der Waals surface area (Å²) < 4.78 is 19.6. The lowest BCUT2D eigenvalue weighted by Crippen LogP contribution is -2.62. The van der Waals surface area contributed by atoms with Crippen LogP contribution in [-0.4, -0.2) is 55.6 Å². The van der Waals surface area contributed by atoms with Gasteiger partial charge in [-0.15, -0.1) is 0 Å². The average Bonchev–Trinajstić information content (AvgIpc) is 2.51. The lowest BCUT2D eigenvalue weighted by Gasteiger charge is -2.43. The van der Waals surface area contributed by atoms with Gasteiger partial charge in [-0.25, -0.2) is 0 Å². The molecular weight excluding hydrogens is 286 g/mol. The van der Waals surface area contributed by atoms with Crippen LogP contribution in [0.3, 0.4) is 0 Å². The van der Waals surface area contributed by atoms with E-state index in [4.69, 9.17) is 13.3 Å². The molecule has 0 rings (SSSR count). The number of unbranched alkanes of at least 4 members (excludes halogenated alkanes) is 1. The van der Waals surface area contributed by atoms with Crippen LogP contribution in [0.15, 0.2) is 0 Å². The molecule has 122 valence electrons. The summed E-state index contributed by atoms with van der Waals surface area (Å²) in [5.41, 5.74) is 0. The fraction of sp³-hybridized carbons (Fsp3) is 1.00. The maximum absolute atomic E-state index is 5.65. The van der Waals surface area contributed by atoms with Crippen molar-refractivity contribution in [3.63, 3.8) is 0 Å². The van der Waals surface area contributed by atoms with Crippen molar-refractivity contribution in [3.8, 4) is 0 Å². The van der Waals surface area contributed by atoms with E-state index in [1.807, 2.05) is 0 Å². The zero-order valence-electron chi connectivity index (χ0n) is 14.6. The summed E-state index contributed by atoms with van der Waals surface area (Å²) in [6.07, 6.45) is 3.29. The number of rotatable bonds is 12. The lowest BCUT2D eigenvalue weighted by atomic mass is 10.3. The summed E-state index contributed by atoms with van der Waals surface area (Å²) in [5, 5.41) is 0. The first-order valence-electron chi connectivity index (χ1n) is 7.94. The third kappa shape index (κ3) is 4.92. The fourth-order valence-corrected chi connectivity index (χ4v) is 9.84. The van der Waals surface area contributed by atoms with Gasteiger partial charge in [-0.2, -0.15) is 0 Å². The molecule has 0 heterocycles. The smallest absolute Gasteiger partial charge is 0.376 e. The van der Waals surface area contributed by atoms with Crippen LogP contribution in [-0.2, 0) is 13.3 Å². The van der Waals surface area contributed by atoms with Gasteiger partial charge in [-0.05, 0) is 31.1 Å². The molecule has 0 unspecified atom stereocenters. The maximum atomic E-state index is 5.65. The van der Waals surface area contributed by atoms with Crippen molar-refractivity contribution >= 4 is 17.0 Å². The molecule has 6 heteroatoms. The number of nitrogens with zero attached hydrogens (tertiary/aromatic N) is 1. The van der Waals surface area contributed by atoms with E-state index in [1.165, 1.54) is 31.0 Å². The summed E-state index contributed by atoms with van der Waals surface area (Å²) in [6, 6.07) is 3.85. The molecule has 0 bridgehead atoms. The molecule has 0 atom stereocenters. The van der Waals surface area contributed by atoms with Crippen LogP contribution in [0, 0.1) is 0 Å². The first-order valence-corrected chi connectivity index (χ1v) is 12.4. The maximum Gasteiger partial charge on any atom is 0.514 e. The minimum Gasteiger partial charge on any atom is -0.376 e. The molecule has 0 aliphatic carbocycles. The third-order valence-corrected chi connectivity index (χ3v) is 13.4. The van der Waals surface area contributed by atoms with Crippen LogP contribution in [0.25, 0.3) is 0 Å². The Labute approximate surface area is 128 Å². The van der Waals surface area contributed by atoms with Gasteiger partial charge in [0.1, 0.15) is 8.24 Å². The molecule has 0 radical (unpaired) electrons.